The Morgan fingerprint density at radius 1 is 1.55 bits per heavy atom. The van der Waals surface area contributed by atoms with Crippen molar-refractivity contribution in [1.82, 2.24) is 5.32 Å². The number of rotatable bonds is 3. The fraction of sp³-hybridized carbons (Fsp3) is 0.562. The van der Waals surface area contributed by atoms with E-state index in [0.29, 0.717) is 11.6 Å². The molecule has 1 aliphatic rings. The number of nitrogens with one attached hydrogen (secondary N) is 1. The number of aliphatic hydroxyl groups is 1. The third-order valence-electron chi connectivity index (χ3n) is 3.85. The van der Waals surface area contributed by atoms with E-state index >= 15 is 0 Å². The van der Waals surface area contributed by atoms with E-state index in [0.717, 1.165) is 23.6 Å². The van der Waals surface area contributed by atoms with Crippen LogP contribution < -0.4 is 5.32 Å². The summed E-state index contributed by atoms with van der Waals surface area (Å²) in [5.41, 5.74) is 0.677. The van der Waals surface area contributed by atoms with E-state index in [1.165, 1.54) is 30.6 Å². The first-order valence-electron chi connectivity index (χ1n) is 7.22. The first-order valence-corrected chi connectivity index (χ1v) is 8.10. The zero-order valence-corrected chi connectivity index (χ0v) is 12.6. The molecule has 1 saturated carbocycles. The molecule has 20 heavy (non-hydrogen) atoms. The lowest BCUT2D eigenvalue weighted by molar-refractivity contribution is 0.0919. The second kappa shape index (κ2) is 7.47. The van der Waals surface area contributed by atoms with E-state index in [-0.39, 0.29) is 12.5 Å². The summed E-state index contributed by atoms with van der Waals surface area (Å²) in [6.45, 7) is 2.07. The summed E-state index contributed by atoms with van der Waals surface area (Å²) in [7, 11) is 0. The van der Waals surface area contributed by atoms with Gasteiger partial charge < -0.3 is 10.4 Å². The molecule has 2 rings (SSSR count). The Balaban J connectivity index is 1.92. The second-order valence-electron chi connectivity index (χ2n) is 5.27. The van der Waals surface area contributed by atoms with Crippen molar-refractivity contribution in [3.8, 4) is 11.8 Å². The Morgan fingerprint density at radius 3 is 3.15 bits per heavy atom. The lowest BCUT2D eigenvalue weighted by atomic mass is 9.84. The summed E-state index contributed by atoms with van der Waals surface area (Å²) in [6, 6.07) is 2.11. The number of hydrogen-bond acceptors (Lipinski definition) is 3. The highest BCUT2D eigenvalue weighted by Crippen LogP contribution is 2.26. The molecule has 4 heteroatoms. The molecule has 0 saturated heterocycles. The first-order chi connectivity index (χ1) is 9.72. The Bertz CT molecular complexity index is 512. The van der Waals surface area contributed by atoms with Crippen molar-refractivity contribution in [3.63, 3.8) is 0 Å². The van der Waals surface area contributed by atoms with Gasteiger partial charge in [-0.1, -0.05) is 38.0 Å². The Morgan fingerprint density at radius 2 is 2.40 bits per heavy atom. The molecule has 2 unspecified atom stereocenters. The zero-order valence-electron chi connectivity index (χ0n) is 11.8. The van der Waals surface area contributed by atoms with Crippen LogP contribution in [0.2, 0.25) is 0 Å². The fourth-order valence-corrected chi connectivity index (χ4v) is 3.46. The van der Waals surface area contributed by atoms with Gasteiger partial charge in [-0.05, 0) is 24.8 Å². The molecule has 0 aromatic carbocycles. The van der Waals surface area contributed by atoms with Crippen molar-refractivity contribution in [1.29, 1.82) is 0 Å². The normalized spacial score (nSPS) is 21.9. The molecule has 1 amide bonds. The zero-order chi connectivity index (χ0) is 14.4. The van der Waals surface area contributed by atoms with Gasteiger partial charge in [-0.2, -0.15) is 0 Å². The van der Waals surface area contributed by atoms with Crippen molar-refractivity contribution in [2.24, 2.45) is 5.92 Å². The van der Waals surface area contributed by atoms with Gasteiger partial charge in [-0.3, -0.25) is 4.79 Å². The molecule has 3 nitrogen and oxygen atoms in total. The van der Waals surface area contributed by atoms with Crippen LogP contribution in [0.4, 0.5) is 0 Å². The van der Waals surface area contributed by atoms with Crippen LogP contribution in [0.5, 0.6) is 0 Å². The van der Waals surface area contributed by atoms with Crippen molar-refractivity contribution in [2.75, 3.05) is 6.61 Å². The van der Waals surface area contributed by atoms with Crippen molar-refractivity contribution >= 4 is 17.2 Å². The van der Waals surface area contributed by atoms with Gasteiger partial charge in [0, 0.05) is 11.4 Å². The third-order valence-corrected chi connectivity index (χ3v) is 4.69. The molecule has 1 aromatic heterocycles. The number of carbonyl (C=O) groups is 1. The highest BCUT2D eigenvalue weighted by molar-refractivity contribution is 7.10. The van der Waals surface area contributed by atoms with E-state index in [2.05, 4.69) is 24.1 Å². The minimum absolute atomic E-state index is 0.0000477. The van der Waals surface area contributed by atoms with E-state index < -0.39 is 0 Å². The van der Waals surface area contributed by atoms with Crippen LogP contribution in [0.1, 0.15) is 54.3 Å². The Kier molecular flexibility index (Phi) is 5.63. The molecule has 1 aromatic rings. The molecule has 2 atom stereocenters. The van der Waals surface area contributed by atoms with Crippen molar-refractivity contribution < 1.29 is 9.90 Å². The van der Waals surface area contributed by atoms with Gasteiger partial charge in [0.05, 0.1) is 10.4 Å². The van der Waals surface area contributed by atoms with Gasteiger partial charge in [0.1, 0.15) is 6.61 Å². The van der Waals surface area contributed by atoms with Crippen molar-refractivity contribution in [3.05, 3.63) is 21.9 Å². The SMILES string of the molecule is CCC1CCCC(NC(=O)c2csc(C#CCO)c2)C1. The maximum absolute atomic E-state index is 12.2. The second-order valence-corrected chi connectivity index (χ2v) is 6.18. The van der Waals surface area contributed by atoms with E-state index in [4.69, 9.17) is 5.11 Å². The monoisotopic (exact) mass is 291 g/mol. The molecule has 108 valence electrons. The first kappa shape index (κ1) is 15.1. The molecule has 0 aliphatic heterocycles. The van der Waals surface area contributed by atoms with Gasteiger partial charge >= 0.3 is 0 Å². The summed E-state index contributed by atoms with van der Waals surface area (Å²) >= 11 is 1.44. The minimum Gasteiger partial charge on any atom is -0.384 e. The van der Waals surface area contributed by atoms with E-state index in [1.807, 2.05) is 5.38 Å². The highest BCUT2D eigenvalue weighted by atomic mass is 32.1. The molecule has 1 aliphatic carbocycles. The van der Waals surface area contributed by atoms with E-state index in [9.17, 15) is 4.79 Å². The van der Waals surface area contributed by atoms with Crippen LogP contribution in [0.15, 0.2) is 11.4 Å². The Labute approximate surface area is 124 Å². The predicted molar refractivity (Wildman–Crippen MR) is 81.8 cm³/mol. The number of carbonyl (C=O) groups excluding carboxylic acids is 1. The van der Waals surface area contributed by atoms with Gasteiger partial charge in [0.2, 0.25) is 0 Å². The molecule has 1 fully saturated rings. The van der Waals surface area contributed by atoms with Crippen LogP contribution in [0, 0.1) is 17.8 Å². The summed E-state index contributed by atoms with van der Waals surface area (Å²) in [5, 5.41) is 13.6. The lowest BCUT2D eigenvalue weighted by Gasteiger charge is -2.28. The molecular formula is C16H21NO2S. The topological polar surface area (TPSA) is 49.3 Å². The third kappa shape index (κ3) is 4.09. The maximum Gasteiger partial charge on any atom is 0.252 e. The molecule has 1 heterocycles. The Hall–Kier alpha value is -1.31. The largest absolute Gasteiger partial charge is 0.384 e. The van der Waals surface area contributed by atoms with Crippen LogP contribution in [0.25, 0.3) is 0 Å². The summed E-state index contributed by atoms with van der Waals surface area (Å²) < 4.78 is 0. The van der Waals surface area contributed by atoms with Gasteiger partial charge in [-0.15, -0.1) is 11.3 Å². The van der Waals surface area contributed by atoms with Crippen LogP contribution in [-0.4, -0.2) is 23.7 Å². The molecular weight excluding hydrogens is 270 g/mol. The molecule has 0 spiro atoms. The molecule has 0 radical (unpaired) electrons. The average Bonchev–Trinajstić information content (AvgIpc) is 2.94. The fourth-order valence-electron chi connectivity index (χ4n) is 2.71. The summed E-state index contributed by atoms with van der Waals surface area (Å²) in [4.78, 5) is 13.0. The smallest absolute Gasteiger partial charge is 0.252 e. The molecule has 2 N–H and O–H groups in total. The average molecular weight is 291 g/mol. The van der Waals surface area contributed by atoms with Crippen LogP contribution in [0.3, 0.4) is 0 Å². The number of amides is 1. The number of aliphatic hydroxyl groups excluding tert-OH is 1. The quantitative estimate of drug-likeness (QED) is 0.841. The van der Waals surface area contributed by atoms with Crippen molar-refractivity contribution in [2.45, 2.75) is 45.1 Å². The summed E-state index contributed by atoms with van der Waals surface area (Å²) in [6.07, 6.45) is 5.89. The van der Waals surface area contributed by atoms with Crippen LogP contribution >= 0.6 is 11.3 Å². The predicted octanol–water partition coefficient (Wildman–Crippen LogP) is 2.79. The van der Waals surface area contributed by atoms with Gasteiger partial charge in [0.15, 0.2) is 0 Å². The maximum atomic E-state index is 12.2. The van der Waals surface area contributed by atoms with E-state index in [1.54, 1.807) is 6.07 Å². The summed E-state index contributed by atoms with van der Waals surface area (Å²) in [5.74, 6) is 6.18. The minimum atomic E-state index is -0.153. The number of thiophene rings is 1. The van der Waals surface area contributed by atoms with Gasteiger partial charge in [-0.25, -0.2) is 0 Å². The lowest BCUT2D eigenvalue weighted by Crippen LogP contribution is -2.38. The number of hydrogen-bond donors (Lipinski definition) is 2. The highest BCUT2D eigenvalue weighted by Gasteiger charge is 2.22. The molecule has 0 bridgehead atoms. The standard InChI is InChI=1S/C16H21NO2S/c1-2-12-5-3-6-14(9-12)17-16(19)13-10-15(20-11-13)7-4-8-18/h10-12,14,18H,2-3,5-6,8-9H2,1H3,(H,17,19). The van der Waals surface area contributed by atoms with Gasteiger partial charge in [0.25, 0.3) is 5.91 Å². The van der Waals surface area contributed by atoms with Crippen LogP contribution in [-0.2, 0) is 0 Å².